The van der Waals surface area contributed by atoms with E-state index in [2.05, 4.69) is 0 Å². The summed E-state index contributed by atoms with van der Waals surface area (Å²) in [6.07, 6.45) is -2.30. The van der Waals surface area contributed by atoms with Crippen LogP contribution in [0.15, 0.2) is 24.3 Å². The Kier molecular flexibility index (Phi) is 5.28. The molecule has 0 saturated carbocycles. The minimum Gasteiger partial charge on any atom is -0.481 e. The van der Waals surface area contributed by atoms with Gasteiger partial charge >= 0.3 is 12.1 Å². The van der Waals surface area contributed by atoms with Crippen molar-refractivity contribution in [2.45, 2.75) is 31.9 Å². The maximum absolute atomic E-state index is 12.5. The van der Waals surface area contributed by atoms with Crippen LogP contribution in [0.3, 0.4) is 0 Å². The molecule has 1 N–H and O–H groups in total. The van der Waals surface area contributed by atoms with Gasteiger partial charge in [0.15, 0.2) is 0 Å². The molecule has 1 heterocycles. The van der Waals surface area contributed by atoms with Gasteiger partial charge in [-0.1, -0.05) is 0 Å². The molecule has 0 radical (unpaired) electrons. The van der Waals surface area contributed by atoms with Gasteiger partial charge in [-0.15, -0.1) is 0 Å². The summed E-state index contributed by atoms with van der Waals surface area (Å²) in [4.78, 5) is 24.7. The number of carbonyl (C=O) groups is 2. The van der Waals surface area contributed by atoms with E-state index in [1.54, 1.807) is 4.90 Å². The Bertz CT molecular complexity index is 569. The van der Waals surface area contributed by atoms with Crippen LogP contribution in [-0.4, -0.2) is 35.0 Å². The Hall–Kier alpha value is -2.05. The highest BCUT2D eigenvalue weighted by Gasteiger charge is 2.30. The normalized spacial score (nSPS) is 19.3. The summed E-state index contributed by atoms with van der Waals surface area (Å²) in [5.74, 6) is -1.12. The summed E-state index contributed by atoms with van der Waals surface area (Å²) in [7, 11) is 0. The van der Waals surface area contributed by atoms with E-state index in [0.717, 1.165) is 18.6 Å². The van der Waals surface area contributed by atoms with E-state index in [1.165, 1.54) is 12.1 Å². The second-order valence-electron chi connectivity index (χ2n) is 5.76. The molecule has 23 heavy (non-hydrogen) atoms. The summed E-state index contributed by atoms with van der Waals surface area (Å²) < 4.78 is 37.6. The van der Waals surface area contributed by atoms with Crippen molar-refractivity contribution in [3.8, 4) is 0 Å². The molecular formula is C16H18F3NO3. The monoisotopic (exact) mass is 329 g/mol. The van der Waals surface area contributed by atoms with E-state index in [0.29, 0.717) is 25.9 Å². The highest BCUT2D eigenvalue weighted by Crippen LogP contribution is 2.29. The predicted molar refractivity (Wildman–Crippen MR) is 76.9 cm³/mol. The molecule has 126 valence electrons. The SMILES string of the molecule is O=C(O)C[C@@H]1CCCN(C(=O)c2ccc(C(F)(F)F)cc2)CC1. The van der Waals surface area contributed by atoms with Crippen molar-refractivity contribution in [1.29, 1.82) is 0 Å². The van der Waals surface area contributed by atoms with Crippen LogP contribution in [0.25, 0.3) is 0 Å². The number of hydrogen-bond acceptors (Lipinski definition) is 2. The minimum absolute atomic E-state index is 0.0397. The van der Waals surface area contributed by atoms with Gasteiger partial charge in [0, 0.05) is 25.1 Å². The van der Waals surface area contributed by atoms with Crippen LogP contribution in [0.4, 0.5) is 13.2 Å². The van der Waals surface area contributed by atoms with Gasteiger partial charge in [0.25, 0.3) is 5.91 Å². The molecule has 1 amide bonds. The highest BCUT2D eigenvalue weighted by molar-refractivity contribution is 5.94. The first kappa shape index (κ1) is 17.3. The van der Waals surface area contributed by atoms with E-state index in [4.69, 9.17) is 5.11 Å². The van der Waals surface area contributed by atoms with Gasteiger partial charge < -0.3 is 10.0 Å². The highest BCUT2D eigenvalue weighted by atomic mass is 19.4. The van der Waals surface area contributed by atoms with Crippen LogP contribution in [0.5, 0.6) is 0 Å². The lowest BCUT2D eigenvalue weighted by atomic mass is 9.97. The van der Waals surface area contributed by atoms with Gasteiger partial charge in [-0.3, -0.25) is 9.59 Å². The first-order valence-corrected chi connectivity index (χ1v) is 7.45. The number of carbonyl (C=O) groups excluding carboxylic acids is 1. The third-order valence-corrected chi connectivity index (χ3v) is 4.06. The van der Waals surface area contributed by atoms with Crippen LogP contribution in [0.2, 0.25) is 0 Å². The maximum atomic E-state index is 12.5. The van der Waals surface area contributed by atoms with E-state index in [1.807, 2.05) is 0 Å². The molecule has 4 nitrogen and oxygen atoms in total. The molecule has 0 aliphatic carbocycles. The van der Waals surface area contributed by atoms with E-state index in [9.17, 15) is 22.8 Å². The van der Waals surface area contributed by atoms with Crippen molar-refractivity contribution in [1.82, 2.24) is 4.90 Å². The van der Waals surface area contributed by atoms with Crippen LogP contribution in [-0.2, 0) is 11.0 Å². The molecule has 1 saturated heterocycles. The number of nitrogens with zero attached hydrogens (tertiary/aromatic N) is 1. The van der Waals surface area contributed by atoms with Gasteiger partial charge in [0.2, 0.25) is 0 Å². The molecule has 7 heteroatoms. The summed E-state index contributed by atoms with van der Waals surface area (Å²) in [6.45, 7) is 0.924. The number of likely N-dealkylation sites (tertiary alicyclic amines) is 1. The fourth-order valence-corrected chi connectivity index (χ4v) is 2.80. The summed E-state index contributed by atoms with van der Waals surface area (Å²) >= 11 is 0. The van der Waals surface area contributed by atoms with E-state index in [-0.39, 0.29) is 23.8 Å². The van der Waals surface area contributed by atoms with Crippen molar-refractivity contribution in [2.24, 2.45) is 5.92 Å². The molecule has 1 aliphatic rings. The average Bonchev–Trinajstić information content (AvgIpc) is 2.71. The number of aliphatic carboxylic acids is 1. The van der Waals surface area contributed by atoms with E-state index < -0.39 is 17.7 Å². The third-order valence-electron chi connectivity index (χ3n) is 4.06. The Labute approximate surface area is 131 Å². The molecule has 0 unspecified atom stereocenters. The molecule has 1 aromatic carbocycles. The number of carboxylic acid groups (broad SMARTS) is 1. The van der Waals surface area contributed by atoms with Crippen LogP contribution < -0.4 is 0 Å². The van der Waals surface area contributed by atoms with Gasteiger partial charge in [-0.05, 0) is 49.4 Å². The van der Waals surface area contributed by atoms with Crippen LogP contribution in [0, 0.1) is 5.92 Å². The van der Waals surface area contributed by atoms with Crippen molar-refractivity contribution in [3.63, 3.8) is 0 Å². The first-order valence-electron chi connectivity index (χ1n) is 7.45. The lowest BCUT2D eigenvalue weighted by Gasteiger charge is -2.21. The molecular weight excluding hydrogens is 311 g/mol. The molecule has 1 fully saturated rings. The third kappa shape index (κ3) is 4.71. The largest absolute Gasteiger partial charge is 0.481 e. The zero-order valence-corrected chi connectivity index (χ0v) is 12.5. The summed E-state index contributed by atoms with van der Waals surface area (Å²) in [5, 5.41) is 8.83. The van der Waals surface area contributed by atoms with Crippen molar-refractivity contribution in [2.75, 3.05) is 13.1 Å². The Morgan fingerprint density at radius 2 is 1.78 bits per heavy atom. The van der Waals surface area contributed by atoms with Gasteiger partial charge in [0.05, 0.1) is 5.56 Å². The molecule has 2 rings (SSSR count). The van der Waals surface area contributed by atoms with Crippen molar-refractivity contribution >= 4 is 11.9 Å². The topological polar surface area (TPSA) is 57.6 Å². The maximum Gasteiger partial charge on any atom is 0.416 e. The molecule has 1 aromatic rings. The zero-order valence-electron chi connectivity index (χ0n) is 12.5. The standard InChI is InChI=1S/C16H18F3NO3/c17-16(18,19)13-5-3-12(4-6-13)15(23)20-8-1-2-11(7-9-20)10-14(21)22/h3-6,11H,1-2,7-10H2,(H,21,22)/t11-/m1/s1. The van der Waals surface area contributed by atoms with Gasteiger partial charge in [0.1, 0.15) is 0 Å². The van der Waals surface area contributed by atoms with Crippen LogP contribution in [0.1, 0.15) is 41.6 Å². The Morgan fingerprint density at radius 1 is 1.13 bits per heavy atom. The first-order chi connectivity index (χ1) is 10.8. The Morgan fingerprint density at radius 3 is 2.35 bits per heavy atom. The zero-order chi connectivity index (χ0) is 17.0. The quantitative estimate of drug-likeness (QED) is 0.924. The lowest BCUT2D eigenvalue weighted by Crippen LogP contribution is -2.32. The van der Waals surface area contributed by atoms with Gasteiger partial charge in [-0.2, -0.15) is 13.2 Å². The number of rotatable bonds is 3. The number of benzene rings is 1. The smallest absolute Gasteiger partial charge is 0.416 e. The van der Waals surface area contributed by atoms with Gasteiger partial charge in [-0.25, -0.2) is 0 Å². The number of halogens is 3. The molecule has 1 atom stereocenters. The average molecular weight is 329 g/mol. The number of alkyl halides is 3. The van der Waals surface area contributed by atoms with E-state index >= 15 is 0 Å². The van der Waals surface area contributed by atoms with Crippen molar-refractivity contribution in [3.05, 3.63) is 35.4 Å². The van der Waals surface area contributed by atoms with Crippen molar-refractivity contribution < 1.29 is 27.9 Å². The minimum atomic E-state index is -4.42. The number of amides is 1. The molecule has 1 aliphatic heterocycles. The number of carboxylic acids is 1. The Balaban J connectivity index is 2.01. The molecule has 0 aromatic heterocycles. The fraction of sp³-hybridized carbons (Fsp3) is 0.500. The second kappa shape index (κ2) is 7.02. The summed E-state index contributed by atoms with van der Waals surface area (Å²) in [5.41, 5.74) is -0.568. The number of hydrogen-bond donors (Lipinski definition) is 1. The predicted octanol–water partition coefficient (Wildman–Crippen LogP) is 3.42. The second-order valence-corrected chi connectivity index (χ2v) is 5.76. The molecule has 0 spiro atoms. The van der Waals surface area contributed by atoms with Crippen LogP contribution >= 0.6 is 0 Å². The fourth-order valence-electron chi connectivity index (χ4n) is 2.80. The summed E-state index contributed by atoms with van der Waals surface area (Å²) in [6, 6.07) is 4.17. The lowest BCUT2D eigenvalue weighted by molar-refractivity contribution is -0.138. The molecule has 0 bridgehead atoms.